The van der Waals surface area contributed by atoms with Crippen LogP contribution in [0.25, 0.3) is 11.3 Å². The van der Waals surface area contributed by atoms with Crippen LogP contribution in [-0.2, 0) is 4.79 Å². The Bertz CT molecular complexity index is 1150. The molecule has 4 rings (SSSR count). The molecule has 1 aromatic heterocycles. The van der Waals surface area contributed by atoms with Gasteiger partial charge < -0.3 is 9.47 Å². The van der Waals surface area contributed by atoms with Gasteiger partial charge in [-0.15, -0.1) is 10.2 Å². The van der Waals surface area contributed by atoms with E-state index in [0.717, 1.165) is 41.0 Å². The van der Waals surface area contributed by atoms with Gasteiger partial charge in [0.1, 0.15) is 5.75 Å². The molecule has 1 amide bonds. The number of carbonyl (C=O) groups excluding carboxylic acids is 1. The van der Waals surface area contributed by atoms with Crippen molar-refractivity contribution in [2.24, 2.45) is 0 Å². The molecule has 2 aromatic carbocycles. The van der Waals surface area contributed by atoms with E-state index in [9.17, 15) is 4.79 Å². The third-order valence-electron chi connectivity index (χ3n) is 5.53. The van der Waals surface area contributed by atoms with E-state index < -0.39 is 6.23 Å². The summed E-state index contributed by atoms with van der Waals surface area (Å²) in [5.41, 5.74) is 3.77. The average Bonchev–Trinajstić information content (AvgIpc) is 2.96. The number of ether oxygens (including phenoxy) is 2. The molecule has 8 heteroatoms. The number of hydrogen-bond acceptors (Lipinski definition) is 7. The number of aromatic nitrogens is 3. The van der Waals surface area contributed by atoms with Crippen LogP contribution in [0.5, 0.6) is 11.6 Å². The molecule has 0 saturated carbocycles. The lowest BCUT2D eigenvalue weighted by atomic mass is 10.1. The molecular formula is C25H28N4O3S. The van der Waals surface area contributed by atoms with E-state index in [4.69, 9.17) is 14.5 Å². The molecule has 1 aliphatic heterocycles. The summed E-state index contributed by atoms with van der Waals surface area (Å²) in [6, 6.07) is 13.4. The summed E-state index contributed by atoms with van der Waals surface area (Å²) in [7, 11) is 1.64. The molecular weight excluding hydrogens is 436 g/mol. The lowest BCUT2D eigenvalue weighted by molar-refractivity contribution is -0.118. The predicted octanol–water partition coefficient (Wildman–Crippen LogP) is 5.58. The fourth-order valence-electron chi connectivity index (χ4n) is 3.90. The fourth-order valence-corrected chi connectivity index (χ4v) is 4.68. The normalized spacial score (nSPS) is 14.7. The number of aryl methyl sites for hydroxylation is 1. The summed E-state index contributed by atoms with van der Waals surface area (Å²) < 4.78 is 11.8. The van der Waals surface area contributed by atoms with Crippen LogP contribution in [0.2, 0.25) is 0 Å². The van der Waals surface area contributed by atoms with Crippen LogP contribution in [0, 0.1) is 6.92 Å². The topological polar surface area (TPSA) is 77.4 Å². The SMILES string of the molecule is CCCCCSc1nnc2c(n1)O[C@H](c1ccc(OC)c(C)c1)N(C(C)=O)c1ccccc1-2. The fraction of sp³-hybridized carbons (Fsp3) is 0.360. The Morgan fingerprint density at radius 2 is 2.00 bits per heavy atom. The molecule has 0 fully saturated rings. The predicted molar refractivity (Wildman–Crippen MR) is 130 cm³/mol. The van der Waals surface area contributed by atoms with Crippen LogP contribution >= 0.6 is 11.8 Å². The standard InChI is InChI=1S/C25H28N4O3S/c1-5-6-9-14-33-25-26-23-22(27-28-25)19-10-7-8-11-20(19)29(17(3)30)24(32-23)18-12-13-21(31-4)16(2)15-18/h7-8,10-13,15,24H,5-6,9,14H2,1-4H3/t24-/m1/s1. The Morgan fingerprint density at radius 1 is 1.18 bits per heavy atom. The third-order valence-corrected chi connectivity index (χ3v) is 6.46. The van der Waals surface area contributed by atoms with Gasteiger partial charge >= 0.3 is 0 Å². The van der Waals surface area contributed by atoms with E-state index in [2.05, 4.69) is 17.1 Å². The molecule has 1 aliphatic rings. The summed E-state index contributed by atoms with van der Waals surface area (Å²) in [4.78, 5) is 19.2. The van der Waals surface area contributed by atoms with Crippen molar-refractivity contribution in [2.75, 3.05) is 17.8 Å². The number of anilines is 1. The zero-order valence-corrected chi connectivity index (χ0v) is 20.2. The lowest BCUT2D eigenvalue weighted by Gasteiger charge is -2.30. The van der Waals surface area contributed by atoms with Crippen LogP contribution in [-0.4, -0.2) is 34.0 Å². The monoisotopic (exact) mass is 464 g/mol. The molecule has 2 heterocycles. The smallest absolute Gasteiger partial charge is 0.247 e. The van der Waals surface area contributed by atoms with Crippen LogP contribution < -0.4 is 14.4 Å². The first kappa shape index (κ1) is 23.0. The number of benzene rings is 2. The summed E-state index contributed by atoms with van der Waals surface area (Å²) in [5.74, 6) is 1.93. The van der Waals surface area contributed by atoms with E-state index in [0.29, 0.717) is 22.4 Å². The maximum absolute atomic E-state index is 12.9. The van der Waals surface area contributed by atoms with Crippen molar-refractivity contribution in [1.82, 2.24) is 15.2 Å². The van der Waals surface area contributed by atoms with Crippen molar-refractivity contribution >= 4 is 23.4 Å². The van der Waals surface area contributed by atoms with Gasteiger partial charge in [-0.1, -0.05) is 49.7 Å². The maximum Gasteiger partial charge on any atom is 0.247 e. The Kier molecular flexibility index (Phi) is 7.13. The number of carbonyl (C=O) groups is 1. The highest BCUT2D eigenvalue weighted by atomic mass is 32.2. The van der Waals surface area contributed by atoms with Gasteiger partial charge in [-0.05, 0) is 43.2 Å². The summed E-state index contributed by atoms with van der Waals surface area (Å²) in [6.45, 7) is 5.68. The number of amides is 1. The number of nitrogens with zero attached hydrogens (tertiary/aromatic N) is 4. The van der Waals surface area contributed by atoms with Gasteiger partial charge in [0, 0.05) is 23.8 Å². The zero-order chi connectivity index (χ0) is 23.4. The second-order valence-corrected chi connectivity index (χ2v) is 8.97. The van der Waals surface area contributed by atoms with Crippen molar-refractivity contribution in [2.45, 2.75) is 51.4 Å². The van der Waals surface area contributed by atoms with Crippen LogP contribution in [0.3, 0.4) is 0 Å². The van der Waals surface area contributed by atoms with Crippen LogP contribution in [0.4, 0.5) is 5.69 Å². The Morgan fingerprint density at radius 3 is 2.73 bits per heavy atom. The Labute approximate surface area is 198 Å². The highest BCUT2D eigenvalue weighted by Gasteiger charge is 2.34. The quantitative estimate of drug-likeness (QED) is 0.333. The first-order valence-electron chi connectivity index (χ1n) is 11.1. The molecule has 0 N–H and O–H groups in total. The van der Waals surface area contributed by atoms with Gasteiger partial charge in [-0.3, -0.25) is 9.69 Å². The average molecular weight is 465 g/mol. The molecule has 7 nitrogen and oxygen atoms in total. The van der Waals surface area contributed by atoms with Crippen molar-refractivity contribution in [3.05, 3.63) is 53.6 Å². The maximum atomic E-state index is 12.9. The number of para-hydroxylation sites is 1. The number of hydrogen-bond donors (Lipinski definition) is 0. The number of rotatable bonds is 7. The van der Waals surface area contributed by atoms with Crippen molar-refractivity contribution in [1.29, 1.82) is 0 Å². The molecule has 0 unspecified atom stereocenters. The van der Waals surface area contributed by atoms with Gasteiger partial charge in [0.05, 0.1) is 12.8 Å². The third kappa shape index (κ3) is 4.80. The number of fused-ring (bicyclic) bond motifs is 3. The molecule has 33 heavy (non-hydrogen) atoms. The van der Waals surface area contributed by atoms with Gasteiger partial charge in [0.15, 0.2) is 5.69 Å². The second kappa shape index (κ2) is 10.2. The van der Waals surface area contributed by atoms with E-state index in [1.165, 1.54) is 13.3 Å². The highest BCUT2D eigenvalue weighted by Crippen LogP contribution is 2.43. The minimum Gasteiger partial charge on any atom is -0.496 e. The minimum atomic E-state index is -0.704. The summed E-state index contributed by atoms with van der Waals surface area (Å²) >= 11 is 1.57. The lowest BCUT2D eigenvalue weighted by Crippen LogP contribution is -2.36. The first-order chi connectivity index (χ1) is 16.0. The van der Waals surface area contributed by atoms with Crippen molar-refractivity contribution < 1.29 is 14.3 Å². The van der Waals surface area contributed by atoms with Gasteiger partial charge in [0.25, 0.3) is 0 Å². The number of methoxy groups -OCH3 is 1. The van der Waals surface area contributed by atoms with Crippen LogP contribution in [0.1, 0.15) is 50.5 Å². The highest BCUT2D eigenvalue weighted by molar-refractivity contribution is 7.99. The first-order valence-corrected chi connectivity index (χ1v) is 12.1. The van der Waals surface area contributed by atoms with E-state index >= 15 is 0 Å². The Balaban J connectivity index is 1.80. The van der Waals surface area contributed by atoms with Gasteiger partial charge in [-0.2, -0.15) is 4.98 Å². The molecule has 0 aliphatic carbocycles. The molecule has 0 spiro atoms. The zero-order valence-electron chi connectivity index (χ0n) is 19.4. The number of thioether (sulfide) groups is 1. The van der Waals surface area contributed by atoms with Crippen molar-refractivity contribution in [3.63, 3.8) is 0 Å². The largest absolute Gasteiger partial charge is 0.496 e. The summed E-state index contributed by atoms with van der Waals surface area (Å²) in [6.07, 6.45) is 2.72. The van der Waals surface area contributed by atoms with Gasteiger partial charge in [-0.25, -0.2) is 0 Å². The molecule has 0 saturated heterocycles. The van der Waals surface area contributed by atoms with Crippen molar-refractivity contribution in [3.8, 4) is 22.9 Å². The summed E-state index contributed by atoms with van der Waals surface area (Å²) in [5, 5.41) is 9.38. The number of unbranched alkanes of at least 4 members (excludes halogenated alkanes) is 2. The van der Waals surface area contributed by atoms with E-state index in [1.54, 1.807) is 23.8 Å². The van der Waals surface area contributed by atoms with Crippen LogP contribution in [0.15, 0.2) is 47.6 Å². The molecule has 3 aromatic rings. The molecule has 1 atom stereocenters. The minimum absolute atomic E-state index is 0.143. The Hall–Kier alpha value is -3.13. The van der Waals surface area contributed by atoms with Gasteiger partial charge in [0.2, 0.25) is 23.2 Å². The van der Waals surface area contributed by atoms with E-state index in [-0.39, 0.29) is 5.91 Å². The molecule has 0 bridgehead atoms. The molecule has 172 valence electrons. The second-order valence-electron chi connectivity index (χ2n) is 7.91. The molecule has 0 radical (unpaired) electrons. The van der Waals surface area contributed by atoms with E-state index in [1.807, 2.05) is 49.4 Å².